The summed E-state index contributed by atoms with van der Waals surface area (Å²) in [5.74, 6) is 0.978. The van der Waals surface area contributed by atoms with Crippen LogP contribution in [0.4, 0.5) is 5.69 Å². The van der Waals surface area contributed by atoms with Crippen molar-refractivity contribution in [2.24, 2.45) is 0 Å². The standard InChI is InChI=1S/C17H21NS/c1-11-5-6-16(18)17(9-11)19-10-15-13(3)7-12(2)8-14(15)4/h5-9H,10,18H2,1-4H3. The molecule has 0 saturated carbocycles. The number of hydrogen-bond acceptors (Lipinski definition) is 2. The molecule has 19 heavy (non-hydrogen) atoms. The Morgan fingerprint density at radius 1 is 0.895 bits per heavy atom. The van der Waals surface area contributed by atoms with Gasteiger partial charge in [0.05, 0.1) is 0 Å². The number of aryl methyl sites for hydroxylation is 4. The van der Waals surface area contributed by atoms with Crippen LogP contribution in [-0.2, 0) is 5.75 Å². The summed E-state index contributed by atoms with van der Waals surface area (Å²) >= 11 is 1.82. The Morgan fingerprint density at radius 2 is 1.53 bits per heavy atom. The van der Waals surface area contributed by atoms with Crippen molar-refractivity contribution in [2.45, 2.75) is 38.3 Å². The third-order valence-electron chi connectivity index (χ3n) is 3.38. The van der Waals surface area contributed by atoms with Gasteiger partial charge in [0.15, 0.2) is 0 Å². The summed E-state index contributed by atoms with van der Waals surface area (Å²) in [5, 5.41) is 0. The first kappa shape index (κ1) is 14.0. The van der Waals surface area contributed by atoms with Crippen molar-refractivity contribution in [3.63, 3.8) is 0 Å². The molecule has 2 aromatic rings. The first-order chi connectivity index (χ1) is 8.97. The highest BCUT2D eigenvalue weighted by molar-refractivity contribution is 7.98. The van der Waals surface area contributed by atoms with Crippen molar-refractivity contribution >= 4 is 17.4 Å². The number of rotatable bonds is 3. The zero-order valence-electron chi connectivity index (χ0n) is 12.1. The molecular weight excluding hydrogens is 250 g/mol. The lowest BCUT2D eigenvalue weighted by Crippen LogP contribution is -1.94. The van der Waals surface area contributed by atoms with Gasteiger partial charge >= 0.3 is 0 Å². The Kier molecular flexibility index (Phi) is 4.20. The first-order valence-corrected chi connectivity index (χ1v) is 7.51. The summed E-state index contributed by atoms with van der Waals surface area (Å²) in [5.41, 5.74) is 13.7. The van der Waals surface area contributed by atoms with Crippen LogP contribution in [0.1, 0.15) is 27.8 Å². The van der Waals surface area contributed by atoms with Gasteiger partial charge in [-0.1, -0.05) is 23.8 Å². The molecule has 100 valence electrons. The van der Waals surface area contributed by atoms with Crippen LogP contribution in [0.5, 0.6) is 0 Å². The van der Waals surface area contributed by atoms with E-state index in [1.54, 1.807) is 0 Å². The predicted molar refractivity (Wildman–Crippen MR) is 85.8 cm³/mol. The van der Waals surface area contributed by atoms with E-state index in [1.165, 1.54) is 32.7 Å². The van der Waals surface area contributed by atoms with Gasteiger partial charge in [0.1, 0.15) is 0 Å². The number of nitrogen functional groups attached to an aromatic ring is 1. The molecule has 2 aromatic carbocycles. The van der Waals surface area contributed by atoms with Gasteiger partial charge in [0.25, 0.3) is 0 Å². The molecule has 0 bridgehead atoms. The van der Waals surface area contributed by atoms with Gasteiger partial charge in [-0.3, -0.25) is 0 Å². The van der Waals surface area contributed by atoms with E-state index in [2.05, 4.69) is 52.0 Å². The second kappa shape index (κ2) is 5.70. The fourth-order valence-electron chi connectivity index (χ4n) is 2.35. The molecule has 0 radical (unpaired) electrons. The molecule has 0 amide bonds. The third kappa shape index (κ3) is 3.32. The van der Waals surface area contributed by atoms with Crippen LogP contribution < -0.4 is 5.73 Å². The van der Waals surface area contributed by atoms with Gasteiger partial charge in [0.2, 0.25) is 0 Å². The van der Waals surface area contributed by atoms with Gasteiger partial charge in [0, 0.05) is 16.3 Å². The minimum atomic E-state index is 0.873. The summed E-state index contributed by atoms with van der Waals surface area (Å²) in [7, 11) is 0. The molecule has 2 rings (SSSR count). The van der Waals surface area contributed by atoms with Crippen LogP contribution in [0, 0.1) is 27.7 Å². The summed E-state index contributed by atoms with van der Waals surface area (Å²) in [6.07, 6.45) is 0. The molecule has 0 aliphatic heterocycles. The molecule has 2 heteroatoms. The van der Waals surface area contributed by atoms with Gasteiger partial charge in [-0.2, -0.15) is 0 Å². The quantitative estimate of drug-likeness (QED) is 0.641. The topological polar surface area (TPSA) is 26.0 Å². The number of nitrogens with two attached hydrogens (primary N) is 1. The normalized spacial score (nSPS) is 10.7. The van der Waals surface area contributed by atoms with Crippen LogP contribution in [-0.4, -0.2) is 0 Å². The minimum Gasteiger partial charge on any atom is -0.398 e. The third-order valence-corrected chi connectivity index (χ3v) is 4.48. The lowest BCUT2D eigenvalue weighted by molar-refractivity contribution is 1.21. The Labute approximate surface area is 120 Å². The van der Waals surface area contributed by atoms with Gasteiger partial charge in [-0.25, -0.2) is 0 Å². The molecule has 0 saturated heterocycles. The molecule has 0 aliphatic rings. The fourth-order valence-corrected chi connectivity index (χ4v) is 3.61. The van der Waals surface area contributed by atoms with Crippen LogP contribution in [0.15, 0.2) is 35.2 Å². The van der Waals surface area contributed by atoms with Crippen molar-refractivity contribution in [1.82, 2.24) is 0 Å². The lowest BCUT2D eigenvalue weighted by Gasteiger charge is -2.12. The Hall–Kier alpha value is -1.41. The molecule has 2 N–H and O–H groups in total. The van der Waals surface area contributed by atoms with E-state index in [4.69, 9.17) is 5.73 Å². The molecular formula is C17H21NS. The van der Waals surface area contributed by atoms with Crippen molar-refractivity contribution in [3.8, 4) is 0 Å². The highest BCUT2D eigenvalue weighted by Crippen LogP contribution is 2.31. The zero-order valence-corrected chi connectivity index (χ0v) is 12.9. The maximum absolute atomic E-state index is 6.03. The Balaban J connectivity index is 2.21. The molecule has 0 fully saturated rings. The van der Waals surface area contributed by atoms with E-state index in [0.29, 0.717) is 0 Å². The van der Waals surface area contributed by atoms with E-state index in [9.17, 15) is 0 Å². The predicted octanol–water partition coefficient (Wildman–Crippen LogP) is 4.79. The largest absolute Gasteiger partial charge is 0.398 e. The number of hydrogen-bond donors (Lipinski definition) is 1. The van der Waals surface area contributed by atoms with Gasteiger partial charge < -0.3 is 5.73 Å². The lowest BCUT2D eigenvalue weighted by atomic mass is 10.0. The Morgan fingerprint density at radius 3 is 2.16 bits per heavy atom. The van der Waals surface area contributed by atoms with Crippen molar-refractivity contribution in [2.75, 3.05) is 5.73 Å². The number of thioether (sulfide) groups is 1. The SMILES string of the molecule is Cc1cc(C)c(CSc2cc(C)ccc2N)c(C)c1. The Bertz CT molecular complexity index is 579. The molecule has 0 aromatic heterocycles. The van der Waals surface area contributed by atoms with Crippen molar-refractivity contribution < 1.29 is 0 Å². The average Bonchev–Trinajstić information content (AvgIpc) is 2.32. The minimum absolute atomic E-state index is 0.873. The maximum Gasteiger partial charge on any atom is 0.0452 e. The van der Waals surface area contributed by atoms with Crippen LogP contribution in [0.3, 0.4) is 0 Å². The monoisotopic (exact) mass is 271 g/mol. The summed E-state index contributed by atoms with van der Waals surface area (Å²) in [4.78, 5) is 1.18. The van der Waals surface area contributed by atoms with Crippen molar-refractivity contribution in [1.29, 1.82) is 0 Å². The van der Waals surface area contributed by atoms with Crippen LogP contribution >= 0.6 is 11.8 Å². The molecule has 0 unspecified atom stereocenters. The average molecular weight is 271 g/mol. The highest BCUT2D eigenvalue weighted by Gasteiger charge is 2.06. The van der Waals surface area contributed by atoms with E-state index in [-0.39, 0.29) is 0 Å². The zero-order chi connectivity index (χ0) is 14.0. The van der Waals surface area contributed by atoms with Gasteiger partial charge in [-0.15, -0.1) is 11.8 Å². The number of benzene rings is 2. The van der Waals surface area contributed by atoms with E-state index in [1.807, 2.05) is 17.8 Å². The molecule has 0 atom stereocenters. The smallest absolute Gasteiger partial charge is 0.0452 e. The summed E-state index contributed by atoms with van der Waals surface area (Å²) < 4.78 is 0. The molecule has 1 nitrogen and oxygen atoms in total. The van der Waals surface area contributed by atoms with E-state index in [0.717, 1.165) is 11.4 Å². The highest BCUT2D eigenvalue weighted by atomic mass is 32.2. The van der Waals surface area contributed by atoms with E-state index < -0.39 is 0 Å². The molecule has 0 aliphatic carbocycles. The van der Waals surface area contributed by atoms with Crippen LogP contribution in [0.25, 0.3) is 0 Å². The fraction of sp³-hybridized carbons (Fsp3) is 0.294. The van der Waals surface area contributed by atoms with Crippen LogP contribution in [0.2, 0.25) is 0 Å². The summed E-state index contributed by atoms with van der Waals surface area (Å²) in [6.45, 7) is 8.63. The molecule has 0 heterocycles. The summed E-state index contributed by atoms with van der Waals surface area (Å²) in [6, 6.07) is 10.7. The maximum atomic E-state index is 6.03. The second-order valence-corrected chi connectivity index (χ2v) is 6.22. The first-order valence-electron chi connectivity index (χ1n) is 6.53. The van der Waals surface area contributed by atoms with Crippen molar-refractivity contribution in [3.05, 3.63) is 58.1 Å². The van der Waals surface area contributed by atoms with Gasteiger partial charge in [-0.05, 0) is 62.1 Å². The van der Waals surface area contributed by atoms with E-state index >= 15 is 0 Å². The second-order valence-electron chi connectivity index (χ2n) is 5.21. The molecule has 0 spiro atoms. The number of anilines is 1.